The first-order chi connectivity index (χ1) is 13.4. The topological polar surface area (TPSA) is 101 Å². The number of hydrogen-bond acceptors (Lipinski definition) is 5. The number of piperidine rings is 1. The number of rotatable bonds is 4. The molecule has 3 aromatic heterocycles. The van der Waals surface area contributed by atoms with E-state index in [1.54, 1.807) is 17.9 Å². The van der Waals surface area contributed by atoms with E-state index < -0.39 is 0 Å². The number of hydrogen-bond donors (Lipinski definition) is 1. The third-order valence-corrected chi connectivity index (χ3v) is 5.68. The van der Waals surface area contributed by atoms with Gasteiger partial charge in [0.05, 0.1) is 6.04 Å². The molecule has 9 heteroatoms. The quantitative estimate of drug-likeness (QED) is 0.737. The first kappa shape index (κ1) is 18.4. The largest absolute Gasteiger partial charge is 0.342 e. The molecule has 1 fully saturated rings. The standard InChI is InChI=1S/C19H25N7O2/c1-12(25-11-20-10-21-25)7-18(27)24-6-4-5-15(9-24)16-8-17-22-14(3)13(2)19(28)26(17)23-16/h8,10-12,15,23H,4-7,9H2,1-3H3. The van der Waals surface area contributed by atoms with Crippen molar-refractivity contribution in [2.45, 2.75) is 52.0 Å². The maximum absolute atomic E-state index is 12.8. The molecule has 2 unspecified atom stereocenters. The van der Waals surface area contributed by atoms with Crippen LogP contribution in [-0.2, 0) is 4.79 Å². The normalized spacial score (nSPS) is 18.5. The second kappa shape index (κ2) is 7.21. The number of amides is 1. The Balaban J connectivity index is 1.51. The van der Waals surface area contributed by atoms with E-state index in [9.17, 15) is 9.59 Å². The van der Waals surface area contributed by atoms with Crippen LogP contribution in [0.5, 0.6) is 0 Å². The van der Waals surface area contributed by atoms with Gasteiger partial charge >= 0.3 is 0 Å². The van der Waals surface area contributed by atoms with Gasteiger partial charge < -0.3 is 4.90 Å². The number of fused-ring (bicyclic) bond motifs is 1. The van der Waals surface area contributed by atoms with E-state index >= 15 is 0 Å². The van der Waals surface area contributed by atoms with Crippen molar-refractivity contribution in [3.05, 3.63) is 46.0 Å². The average Bonchev–Trinajstić information content (AvgIpc) is 3.36. The fourth-order valence-corrected chi connectivity index (χ4v) is 3.82. The van der Waals surface area contributed by atoms with Gasteiger partial charge in [-0.15, -0.1) is 0 Å². The van der Waals surface area contributed by atoms with Crippen molar-refractivity contribution in [3.63, 3.8) is 0 Å². The second-order valence-corrected chi connectivity index (χ2v) is 7.64. The molecular formula is C19H25N7O2. The Kier molecular flexibility index (Phi) is 4.74. The van der Waals surface area contributed by atoms with Crippen molar-refractivity contribution in [3.8, 4) is 0 Å². The molecule has 0 spiro atoms. The minimum Gasteiger partial charge on any atom is -0.342 e. The highest BCUT2D eigenvalue weighted by Gasteiger charge is 2.27. The van der Waals surface area contributed by atoms with Crippen LogP contribution in [0.3, 0.4) is 0 Å². The summed E-state index contributed by atoms with van der Waals surface area (Å²) in [5.41, 5.74) is 2.91. The van der Waals surface area contributed by atoms with Crippen molar-refractivity contribution in [2.24, 2.45) is 0 Å². The number of likely N-dealkylation sites (tertiary alicyclic amines) is 1. The molecule has 4 heterocycles. The Morgan fingerprint density at radius 2 is 2.21 bits per heavy atom. The summed E-state index contributed by atoms with van der Waals surface area (Å²) in [7, 11) is 0. The van der Waals surface area contributed by atoms with E-state index in [4.69, 9.17) is 0 Å². The van der Waals surface area contributed by atoms with Gasteiger partial charge in [0.2, 0.25) is 5.91 Å². The van der Waals surface area contributed by atoms with Gasteiger partial charge in [-0.05, 0) is 33.6 Å². The van der Waals surface area contributed by atoms with E-state index in [1.165, 1.54) is 10.8 Å². The molecule has 0 aliphatic carbocycles. The third-order valence-electron chi connectivity index (χ3n) is 5.68. The average molecular weight is 383 g/mol. The maximum atomic E-state index is 12.8. The van der Waals surface area contributed by atoms with Crippen molar-refractivity contribution in [1.82, 2.24) is 34.3 Å². The van der Waals surface area contributed by atoms with Gasteiger partial charge in [-0.1, -0.05) is 0 Å². The number of carbonyl (C=O) groups excluding carboxylic acids is 1. The molecule has 1 N–H and O–H groups in total. The van der Waals surface area contributed by atoms with E-state index in [0.717, 1.165) is 30.8 Å². The molecule has 0 aromatic carbocycles. The van der Waals surface area contributed by atoms with Gasteiger partial charge in [-0.3, -0.25) is 14.7 Å². The summed E-state index contributed by atoms with van der Waals surface area (Å²) < 4.78 is 3.21. The lowest BCUT2D eigenvalue weighted by molar-refractivity contribution is -0.133. The number of H-pyrrole nitrogens is 1. The minimum absolute atomic E-state index is 0.0304. The highest BCUT2D eigenvalue weighted by atomic mass is 16.2. The molecule has 0 saturated carbocycles. The van der Waals surface area contributed by atoms with Crippen LogP contribution in [-0.4, -0.2) is 53.3 Å². The summed E-state index contributed by atoms with van der Waals surface area (Å²) in [5.74, 6) is 0.284. The molecule has 1 aliphatic rings. The van der Waals surface area contributed by atoms with Gasteiger partial charge in [-0.25, -0.2) is 19.2 Å². The number of carbonyl (C=O) groups is 1. The molecule has 4 rings (SSSR count). The predicted octanol–water partition coefficient (Wildman–Crippen LogP) is 1.59. The lowest BCUT2D eigenvalue weighted by atomic mass is 9.94. The van der Waals surface area contributed by atoms with Crippen LogP contribution in [0, 0.1) is 13.8 Å². The van der Waals surface area contributed by atoms with Gasteiger partial charge in [0.1, 0.15) is 12.7 Å². The van der Waals surface area contributed by atoms with Crippen molar-refractivity contribution in [1.29, 1.82) is 0 Å². The summed E-state index contributed by atoms with van der Waals surface area (Å²) in [4.78, 5) is 35.6. The molecule has 3 aromatic rings. The summed E-state index contributed by atoms with van der Waals surface area (Å²) in [6, 6.07) is 1.90. The summed E-state index contributed by atoms with van der Waals surface area (Å²) in [5, 5.41) is 7.32. The zero-order chi connectivity index (χ0) is 19.8. The Labute approximate surface area is 162 Å². The Morgan fingerprint density at radius 3 is 2.96 bits per heavy atom. The lowest BCUT2D eigenvalue weighted by Gasteiger charge is -2.33. The lowest BCUT2D eigenvalue weighted by Crippen LogP contribution is -2.40. The minimum atomic E-state index is -0.0702. The highest BCUT2D eigenvalue weighted by molar-refractivity contribution is 5.76. The first-order valence-electron chi connectivity index (χ1n) is 9.65. The van der Waals surface area contributed by atoms with Crippen LogP contribution in [0.15, 0.2) is 23.5 Å². The summed E-state index contributed by atoms with van der Waals surface area (Å²) >= 11 is 0. The van der Waals surface area contributed by atoms with Gasteiger partial charge in [-0.2, -0.15) is 5.10 Å². The van der Waals surface area contributed by atoms with Crippen molar-refractivity contribution >= 4 is 11.6 Å². The van der Waals surface area contributed by atoms with Crippen LogP contribution in [0.25, 0.3) is 5.65 Å². The van der Waals surface area contributed by atoms with Crippen LogP contribution in [0.2, 0.25) is 0 Å². The molecule has 28 heavy (non-hydrogen) atoms. The number of nitrogens with one attached hydrogen (secondary N) is 1. The Bertz CT molecular complexity index is 1050. The summed E-state index contributed by atoms with van der Waals surface area (Å²) in [6.45, 7) is 7.00. The maximum Gasteiger partial charge on any atom is 0.275 e. The van der Waals surface area contributed by atoms with E-state index in [2.05, 4.69) is 20.2 Å². The fourth-order valence-electron chi connectivity index (χ4n) is 3.82. The fraction of sp³-hybridized carbons (Fsp3) is 0.526. The number of nitrogens with zero attached hydrogens (tertiary/aromatic N) is 6. The van der Waals surface area contributed by atoms with Crippen LogP contribution < -0.4 is 5.56 Å². The van der Waals surface area contributed by atoms with Gasteiger partial charge in [0, 0.05) is 48.4 Å². The Morgan fingerprint density at radius 1 is 1.39 bits per heavy atom. The van der Waals surface area contributed by atoms with Crippen LogP contribution >= 0.6 is 0 Å². The molecule has 1 aliphatic heterocycles. The molecule has 2 atom stereocenters. The number of aryl methyl sites for hydroxylation is 1. The molecule has 148 valence electrons. The molecule has 0 bridgehead atoms. The van der Waals surface area contributed by atoms with Crippen molar-refractivity contribution < 1.29 is 4.79 Å². The van der Waals surface area contributed by atoms with Crippen LogP contribution in [0.1, 0.15) is 55.1 Å². The Hall–Kier alpha value is -2.97. The molecular weight excluding hydrogens is 358 g/mol. The molecule has 1 amide bonds. The predicted molar refractivity (Wildman–Crippen MR) is 103 cm³/mol. The summed E-state index contributed by atoms with van der Waals surface area (Å²) in [6.07, 6.45) is 5.41. The zero-order valence-corrected chi connectivity index (χ0v) is 16.4. The molecule has 9 nitrogen and oxygen atoms in total. The number of aromatic nitrogens is 6. The molecule has 1 saturated heterocycles. The second-order valence-electron chi connectivity index (χ2n) is 7.64. The monoisotopic (exact) mass is 383 g/mol. The zero-order valence-electron chi connectivity index (χ0n) is 16.4. The van der Waals surface area contributed by atoms with E-state index in [1.807, 2.05) is 24.8 Å². The highest BCUT2D eigenvalue weighted by Crippen LogP contribution is 2.27. The smallest absolute Gasteiger partial charge is 0.275 e. The first-order valence-corrected chi connectivity index (χ1v) is 9.65. The van der Waals surface area contributed by atoms with Gasteiger partial charge in [0.25, 0.3) is 5.56 Å². The van der Waals surface area contributed by atoms with Crippen molar-refractivity contribution in [2.75, 3.05) is 13.1 Å². The molecule has 0 radical (unpaired) electrons. The van der Waals surface area contributed by atoms with Crippen LogP contribution in [0.4, 0.5) is 0 Å². The van der Waals surface area contributed by atoms with Gasteiger partial charge in [0.15, 0.2) is 5.65 Å². The number of aromatic amines is 1. The SMILES string of the molecule is Cc1nc2cc(C3CCCN(C(=O)CC(C)n4cncn4)C3)[nH]n2c(=O)c1C. The van der Waals surface area contributed by atoms with E-state index in [0.29, 0.717) is 24.2 Å². The third kappa shape index (κ3) is 3.32. The van der Waals surface area contributed by atoms with E-state index in [-0.39, 0.29) is 23.4 Å².